The molecule has 0 fully saturated rings. The van der Waals surface area contributed by atoms with E-state index in [9.17, 15) is 0 Å². The van der Waals surface area contributed by atoms with Gasteiger partial charge in [-0.2, -0.15) is 0 Å². The lowest BCUT2D eigenvalue weighted by Crippen LogP contribution is -2.00. The van der Waals surface area contributed by atoms with E-state index >= 15 is 0 Å². The molecule has 2 N–H and O–H groups in total. The molecule has 0 bridgehead atoms. The molecule has 0 amide bonds. The molecule has 0 atom stereocenters. The summed E-state index contributed by atoms with van der Waals surface area (Å²) >= 11 is 0. The molecule has 56 valence electrons. The van der Waals surface area contributed by atoms with Gasteiger partial charge < -0.3 is 10.8 Å². The molecule has 0 aromatic rings. The van der Waals surface area contributed by atoms with Gasteiger partial charge in [0.05, 0.1) is 0 Å². The van der Waals surface area contributed by atoms with E-state index in [0.29, 0.717) is 5.71 Å². The molecule has 2 heteroatoms. The molecule has 0 saturated carbocycles. The van der Waals surface area contributed by atoms with Crippen LogP contribution in [0.5, 0.6) is 0 Å². The average Bonchev–Trinajstić information content (AvgIpc) is 1.91. The molecule has 0 aliphatic heterocycles. The van der Waals surface area contributed by atoms with E-state index in [1.165, 1.54) is 6.21 Å². The van der Waals surface area contributed by atoms with Crippen LogP contribution in [0.1, 0.15) is 26.7 Å². The Hall–Kier alpha value is -0.920. The minimum absolute atomic E-state index is 0.569. The van der Waals surface area contributed by atoms with Crippen molar-refractivity contribution in [3.8, 4) is 0 Å². The number of hydrogen-bond donors (Lipinski definition) is 2. The predicted octanol–water partition coefficient (Wildman–Crippen LogP) is 2.40. The van der Waals surface area contributed by atoms with Crippen LogP contribution in [-0.2, 0) is 0 Å². The van der Waals surface area contributed by atoms with Gasteiger partial charge in [0.2, 0.25) is 0 Å². The SMILES string of the molecule is C/C=C(/C=N)C(=N)CCC. The van der Waals surface area contributed by atoms with E-state index in [0.717, 1.165) is 18.4 Å². The van der Waals surface area contributed by atoms with E-state index in [-0.39, 0.29) is 0 Å². The zero-order chi connectivity index (χ0) is 7.98. The maximum atomic E-state index is 7.43. The van der Waals surface area contributed by atoms with E-state index in [1.807, 2.05) is 13.8 Å². The van der Waals surface area contributed by atoms with Crippen molar-refractivity contribution in [3.63, 3.8) is 0 Å². The van der Waals surface area contributed by atoms with Crippen LogP contribution in [-0.4, -0.2) is 11.9 Å². The summed E-state index contributed by atoms with van der Waals surface area (Å²) in [6, 6.07) is 0. The van der Waals surface area contributed by atoms with Crippen molar-refractivity contribution in [1.29, 1.82) is 10.8 Å². The average molecular weight is 138 g/mol. The van der Waals surface area contributed by atoms with Crippen molar-refractivity contribution in [2.75, 3.05) is 0 Å². The first-order valence-corrected chi connectivity index (χ1v) is 3.50. The van der Waals surface area contributed by atoms with Crippen molar-refractivity contribution < 1.29 is 0 Å². The van der Waals surface area contributed by atoms with Crippen LogP contribution in [0.4, 0.5) is 0 Å². The molecule has 0 aromatic heterocycles. The maximum Gasteiger partial charge on any atom is 0.0397 e. The van der Waals surface area contributed by atoms with Gasteiger partial charge in [-0.15, -0.1) is 0 Å². The highest BCUT2D eigenvalue weighted by Crippen LogP contribution is 1.99. The van der Waals surface area contributed by atoms with E-state index < -0.39 is 0 Å². The third kappa shape index (κ3) is 2.58. The third-order valence-electron chi connectivity index (χ3n) is 1.31. The molecule has 0 aliphatic rings. The van der Waals surface area contributed by atoms with E-state index in [2.05, 4.69) is 0 Å². The van der Waals surface area contributed by atoms with Crippen molar-refractivity contribution in [1.82, 2.24) is 0 Å². The molecule has 0 aliphatic carbocycles. The summed E-state index contributed by atoms with van der Waals surface area (Å²) in [5.74, 6) is 0. The van der Waals surface area contributed by atoms with Gasteiger partial charge in [0.25, 0.3) is 0 Å². The second kappa shape index (κ2) is 4.91. The highest BCUT2D eigenvalue weighted by Gasteiger charge is 1.97. The molecule has 0 radical (unpaired) electrons. The van der Waals surface area contributed by atoms with Crippen LogP contribution < -0.4 is 0 Å². The van der Waals surface area contributed by atoms with Gasteiger partial charge in [0, 0.05) is 17.5 Å². The summed E-state index contributed by atoms with van der Waals surface area (Å²) in [7, 11) is 0. The standard InChI is InChI=1S/C8H14N2/c1-3-5-8(10)7(4-2)6-9/h4,6,9-10H,3,5H2,1-2H3/b7-4-,9-6?,10-8?. The largest absolute Gasteiger partial charge is 0.308 e. The third-order valence-corrected chi connectivity index (χ3v) is 1.31. The van der Waals surface area contributed by atoms with Gasteiger partial charge in [0.1, 0.15) is 0 Å². The predicted molar refractivity (Wildman–Crippen MR) is 45.2 cm³/mol. The first-order chi connectivity index (χ1) is 4.76. The summed E-state index contributed by atoms with van der Waals surface area (Å²) in [6.45, 7) is 3.89. The molecule has 2 nitrogen and oxygen atoms in total. The Kier molecular flexibility index (Phi) is 4.46. The Labute approximate surface area is 62.0 Å². The molecule has 0 saturated heterocycles. The molecule has 0 spiro atoms. The summed E-state index contributed by atoms with van der Waals surface area (Å²) in [5, 5.41) is 14.4. The number of nitrogens with one attached hydrogen (secondary N) is 2. The van der Waals surface area contributed by atoms with Crippen molar-refractivity contribution in [2.24, 2.45) is 0 Å². The monoisotopic (exact) mass is 138 g/mol. The van der Waals surface area contributed by atoms with Crippen LogP contribution >= 0.6 is 0 Å². The van der Waals surface area contributed by atoms with Crippen LogP contribution in [0.3, 0.4) is 0 Å². The number of hydrogen-bond acceptors (Lipinski definition) is 2. The lowest BCUT2D eigenvalue weighted by atomic mass is 10.1. The zero-order valence-electron chi connectivity index (χ0n) is 6.57. The van der Waals surface area contributed by atoms with Gasteiger partial charge in [-0.25, -0.2) is 0 Å². The topological polar surface area (TPSA) is 47.7 Å². The quantitative estimate of drug-likeness (QED) is 0.560. The first kappa shape index (κ1) is 9.08. The molecule has 10 heavy (non-hydrogen) atoms. The minimum Gasteiger partial charge on any atom is -0.308 e. The molecule has 0 heterocycles. The highest BCUT2D eigenvalue weighted by molar-refractivity contribution is 6.13. The minimum atomic E-state index is 0.569. The first-order valence-electron chi connectivity index (χ1n) is 3.50. The summed E-state index contributed by atoms with van der Waals surface area (Å²) in [5.41, 5.74) is 1.31. The van der Waals surface area contributed by atoms with Crippen molar-refractivity contribution >= 4 is 11.9 Å². The fourth-order valence-electron chi connectivity index (χ4n) is 0.739. The molecular formula is C8H14N2. The molecule has 0 aromatic carbocycles. The van der Waals surface area contributed by atoms with Crippen LogP contribution in [0.15, 0.2) is 11.6 Å². The molecule has 0 unspecified atom stereocenters. The smallest absolute Gasteiger partial charge is 0.0397 e. The van der Waals surface area contributed by atoms with Gasteiger partial charge in [-0.05, 0) is 13.3 Å². The Morgan fingerprint density at radius 2 is 2.10 bits per heavy atom. The normalized spacial score (nSPS) is 11.2. The Morgan fingerprint density at radius 3 is 2.40 bits per heavy atom. The van der Waals surface area contributed by atoms with Crippen molar-refractivity contribution in [3.05, 3.63) is 11.6 Å². The molecule has 0 rings (SSSR count). The number of allylic oxidation sites excluding steroid dienone is 2. The Bertz CT molecular complexity index is 157. The summed E-state index contributed by atoms with van der Waals surface area (Å²) < 4.78 is 0. The van der Waals surface area contributed by atoms with Gasteiger partial charge in [0.15, 0.2) is 0 Å². The lowest BCUT2D eigenvalue weighted by Gasteiger charge is -1.99. The molecular weight excluding hydrogens is 124 g/mol. The second-order valence-electron chi connectivity index (χ2n) is 2.12. The van der Waals surface area contributed by atoms with Gasteiger partial charge >= 0.3 is 0 Å². The van der Waals surface area contributed by atoms with E-state index in [1.54, 1.807) is 6.08 Å². The second-order valence-corrected chi connectivity index (χ2v) is 2.12. The zero-order valence-corrected chi connectivity index (χ0v) is 6.57. The maximum absolute atomic E-state index is 7.43. The highest BCUT2D eigenvalue weighted by atomic mass is 14.4. The van der Waals surface area contributed by atoms with Gasteiger partial charge in [-0.3, -0.25) is 0 Å². The Morgan fingerprint density at radius 1 is 1.50 bits per heavy atom. The summed E-state index contributed by atoms with van der Waals surface area (Å²) in [6.07, 6.45) is 4.78. The lowest BCUT2D eigenvalue weighted by molar-refractivity contribution is 0.987. The van der Waals surface area contributed by atoms with Crippen molar-refractivity contribution in [2.45, 2.75) is 26.7 Å². The van der Waals surface area contributed by atoms with Gasteiger partial charge in [-0.1, -0.05) is 19.4 Å². The fourth-order valence-corrected chi connectivity index (χ4v) is 0.739. The van der Waals surface area contributed by atoms with E-state index in [4.69, 9.17) is 10.8 Å². The number of rotatable bonds is 4. The van der Waals surface area contributed by atoms with Crippen LogP contribution in [0.25, 0.3) is 0 Å². The Balaban J connectivity index is 4.04. The summed E-state index contributed by atoms with van der Waals surface area (Å²) in [4.78, 5) is 0. The van der Waals surface area contributed by atoms with Crippen LogP contribution in [0, 0.1) is 10.8 Å². The van der Waals surface area contributed by atoms with Crippen LogP contribution in [0.2, 0.25) is 0 Å². The fraction of sp³-hybridized carbons (Fsp3) is 0.500.